The van der Waals surface area contributed by atoms with Gasteiger partial charge in [0.15, 0.2) is 11.5 Å². The van der Waals surface area contributed by atoms with Crippen LogP contribution < -0.4 is 19.5 Å². The molecule has 1 N–H and O–H groups in total. The molecule has 0 unspecified atom stereocenters. The van der Waals surface area contributed by atoms with E-state index in [2.05, 4.69) is 5.32 Å². The number of rotatable bonds is 9. The molecular weight excluding hydrogens is 366 g/mol. The van der Waals surface area contributed by atoms with Crippen LogP contribution in [-0.2, 0) is 13.0 Å². The number of ether oxygens (including phenoxy) is 3. The Labute approximate surface area is 171 Å². The topological polar surface area (TPSA) is 56.8 Å². The Kier molecular flexibility index (Phi) is 7.11. The van der Waals surface area contributed by atoms with E-state index < -0.39 is 0 Å². The molecule has 0 saturated heterocycles. The van der Waals surface area contributed by atoms with E-state index in [4.69, 9.17) is 14.2 Å². The predicted molar refractivity (Wildman–Crippen MR) is 113 cm³/mol. The van der Waals surface area contributed by atoms with Crippen LogP contribution in [0, 0.1) is 0 Å². The quantitative estimate of drug-likeness (QED) is 0.592. The third-order valence-electron chi connectivity index (χ3n) is 4.49. The maximum absolute atomic E-state index is 12.4. The van der Waals surface area contributed by atoms with Crippen molar-refractivity contribution in [1.82, 2.24) is 5.32 Å². The van der Waals surface area contributed by atoms with Crippen LogP contribution in [0.25, 0.3) is 0 Å². The van der Waals surface area contributed by atoms with Crippen LogP contribution in [0.4, 0.5) is 0 Å². The second-order valence-corrected chi connectivity index (χ2v) is 6.50. The summed E-state index contributed by atoms with van der Waals surface area (Å²) in [5.41, 5.74) is 2.76. The number of nitrogens with one attached hydrogen (secondary N) is 1. The van der Waals surface area contributed by atoms with Gasteiger partial charge in [-0.1, -0.05) is 42.5 Å². The first-order valence-electron chi connectivity index (χ1n) is 9.45. The fourth-order valence-corrected chi connectivity index (χ4v) is 2.93. The van der Waals surface area contributed by atoms with Gasteiger partial charge < -0.3 is 19.5 Å². The van der Waals surface area contributed by atoms with E-state index in [1.165, 1.54) is 0 Å². The molecule has 0 bridgehead atoms. The van der Waals surface area contributed by atoms with Gasteiger partial charge in [0.1, 0.15) is 12.4 Å². The van der Waals surface area contributed by atoms with Gasteiger partial charge in [-0.2, -0.15) is 0 Å². The molecule has 0 aromatic heterocycles. The SMILES string of the molecule is COc1ccc(C(=O)NCCc2cccc(OCc3ccccc3)c2)cc1OC. The highest BCUT2D eigenvalue weighted by Gasteiger charge is 2.10. The van der Waals surface area contributed by atoms with Gasteiger partial charge in [0.25, 0.3) is 5.91 Å². The lowest BCUT2D eigenvalue weighted by atomic mass is 10.1. The molecule has 0 atom stereocenters. The number of carbonyl (C=O) groups excluding carboxylic acids is 1. The molecule has 0 radical (unpaired) electrons. The summed E-state index contributed by atoms with van der Waals surface area (Å²) in [6, 6.07) is 23.1. The zero-order valence-electron chi connectivity index (χ0n) is 16.7. The Bertz CT molecular complexity index is 941. The molecule has 3 rings (SSSR count). The Morgan fingerprint density at radius 3 is 2.34 bits per heavy atom. The summed E-state index contributed by atoms with van der Waals surface area (Å²) in [6.07, 6.45) is 0.710. The smallest absolute Gasteiger partial charge is 0.251 e. The number of methoxy groups -OCH3 is 2. The van der Waals surface area contributed by atoms with Crippen LogP contribution in [0.2, 0.25) is 0 Å². The standard InChI is InChI=1S/C24H25NO4/c1-27-22-12-11-20(16-23(22)28-2)24(26)25-14-13-18-9-6-10-21(15-18)29-17-19-7-4-3-5-8-19/h3-12,15-16H,13-14,17H2,1-2H3,(H,25,26). The summed E-state index contributed by atoms with van der Waals surface area (Å²) in [7, 11) is 3.11. The molecule has 3 aromatic carbocycles. The Morgan fingerprint density at radius 1 is 0.828 bits per heavy atom. The second kappa shape index (κ2) is 10.2. The van der Waals surface area contributed by atoms with Crippen molar-refractivity contribution in [3.8, 4) is 17.2 Å². The van der Waals surface area contributed by atoms with E-state index in [1.807, 2.05) is 54.6 Å². The van der Waals surface area contributed by atoms with Crippen molar-refractivity contribution in [3.63, 3.8) is 0 Å². The molecule has 29 heavy (non-hydrogen) atoms. The van der Waals surface area contributed by atoms with Crippen LogP contribution in [0.3, 0.4) is 0 Å². The van der Waals surface area contributed by atoms with Crippen molar-refractivity contribution in [2.45, 2.75) is 13.0 Å². The third-order valence-corrected chi connectivity index (χ3v) is 4.49. The van der Waals surface area contributed by atoms with Crippen LogP contribution >= 0.6 is 0 Å². The van der Waals surface area contributed by atoms with Crippen LogP contribution in [-0.4, -0.2) is 26.7 Å². The first kappa shape index (κ1) is 20.3. The van der Waals surface area contributed by atoms with Gasteiger partial charge in [-0.25, -0.2) is 0 Å². The largest absolute Gasteiger partial charge is 0.493 e. The number of benzene rings is 3. The maximum atomic E-state index is 12.4. The van der Waals surface area contributed by atoms with Crippen molar-refractivity contribution in [1.29, 1.82) is 0 Å². The average molecular weight is 391 g/mol. The van der Waals surface area contributed by atoms with Crippen LogP contribution in [0.1, 0.15) is 21.5 Å². The highest BCUT2D eigenvalue weighted by atomic mass is 16.5. The van der Waals surface area contributed by atoms with Crippen molar-refractivity contribution in [2.24, 2.45) is 0 Å². The fourth-order valence-electron chi connectivity index (χ4n) is 2.93. The number of hydrogen-bond donors (Lipinski definition) is 1. The predicted octanol–water partition coefficient (Wildman–Crippen LogP) is 4.26. The molecule has 5 nitrogen and oxygen atoms in total. The lowest BCUT2D eigenvalue weighted by Gasteiger charge is -2.11. The van der Waals surface area contributed by atoms with E-state index >= 15 is 0 Å². The third kappa shape index (κ3) is 5.75. The highest BCUT2D eigenvalue weighted by molar-refractivity contribution is 5.94. The van der Waals surface area contributed by atoms with E-state index in [0.29, 0.717) is 36.6 Å². The van der Waals surface area contributed by atoms with Crippen molar-refractivity contribution in [3.05, 3.63) is 89.5 Å². The molecule has 1 amide bonds. The number of amides is 1. The van der Waals surface area contributed by atoms with Crippen LogP contribution in [0.5, 0.6) is 17.2 Å². The normalized spacial score (nSPS) is 10.3. The molecule has 150 valence electrons. The molecule has 0 fully saturated rings. The highest BCUT2D eigenvalue weighted by Crippen LogP contribution is 2.27. The minimum Gasteiger partial charge on any atom is -0.493 e. The van der Waals surface area contributed by atoms with E-state index in [-0.39, 0.29) is 5.91 Å². The average Bonchev–Trinajstić information content (AvgIpc) is 2.78. The molecule has 3 aromatic rings. The summed E-state index contributed by atoms with van der Waals surface area (Å²) in [4.78, 5) is 12.4. The van der Waals surface area contributed by atoms with Crippen LogP contribution in [0.15, 0.2) is 72.8 Å². The van der Waals surface area contributed by atoms with Gasteiger partial charge in [0.05, 0.1) is 14.2 Å². The lowest BCUT2D eigenvalue weighted by Crippen LogP contribution is -2.25. The van der Waals surface area contributed by atoms with Gasteiger partial charge in [-0.15, -0.1) is 0 Å². The fraction of sp³-hybridized carbons (Fsp3) is 0.208. The van der Waals surface area contributed by atoms with Gasteiger partial charge >= 0.3 is 0 Å². The molecule has 5 heteroatoms. The minimum absolute atomic E-state index is 0.151. The summed E-state index contributed by atoms with van der Waals surface area (Å²) in [6.45, 7) is 1.05. The number of hydrogen-bond acceptors (Lipinski definition) is 4. The molecule has 0 aliphatic heterocycles. The Balaban J connectivity index is 1.52. The van der Waals surface area contributed by atoms with Gasteiger partial charge in [-0.3, -0.25) is 4.79 Å². The zero-order chi connectivity index (χ0) is 20.5. The molecule has 0 heterocycles. The molecule has 0 aliphatic carbocycles. The van der Waals surface area contributed by atoms with E-state index in [0.717, 1.165) is 16.9 Å². The lowest BCUT2D eigenvalue weighted by molar-refractivity contribution is 0.0953. The first-order chi connectivity index (χ1) is 14.2. The van der Waals surface area contributed by atoms with E-state index in [1.54, 1.807) is 32.4 Å². The van der Waals surface area contributed by atoms with Gasteiger partial charge in [0.2, 0.25) is 0 Å². The zero-order valence-corrected chi connectivity index (χ0v) is 16.7. The maximum Gasteiger partial charge on any atom is 0.251 e. The van der Waals surface area contributed by atoms with E-state index in [9.17, 15) is 4.79 Å². The van der Waals surface area contributed by atoms with Crippen molar-refractivity contribution >= 4 is 5.91 Å². The molecular formula is C24H25NO4. The summed E-state index contributed by atoms with van der Waals surface area (Å²) in [5, 5.41) is 2.94. The van der Waals surface area contributed by atoms with Crippen molar-refractivity contribution < 1.29 is 19.0 Å². The monoisotopic (exact) mass is 391 g/mol. The summed E-state index contributed by atoms with van der Waals surface area (Å²) >= 11 is 0. The number of carbonyl (C=O) groups is 1. The Hall–Kier alpha value is -3.47. The summed E-state index contributed by atoms with van der Waals surface area (Å²) in [5.74, 6) is 1.79. The summed E-state index contributed by atoms with van der Waals surface area (Å²) < 4.78 is 16.3. The molecule has 0 saturated carbocycles. The molecule has 0 spiro atoms. The molecule has 0 aliphatic rings. The first-order valence-corrected chi connectivity index (χ1v) is 9.45. The Morgan fingerprint density at radius 2 is 1.59 bits per heavy atom. The van der Waals surface area contributed by atoms with Crippen molar-refractivity contribution in [2.75, 3.05) is 20.8 Å². The second-order valence-electron chi connectivity index (χ2n) is 6.50. The minimum atomic E-state index is -0.151. The van der Waals surface area contributed by atoms with Gasteiger partial charge in [-0.05, 0) is 47.9 Å². The van der Waals surface area contributed by atoms with Gasteiger partial charge in [0, 0.05) is 12.1 Å².